The number of Topliss-reactive ketones (excluding diaryl/α,β-unsaturated/α-hetero) is 1. The maximum absolute atomic E-state index is 15.7. The van der Waals surface area contributed by atoms with Crippen LogP contribution in [0.5, 0.6) is 11.5 Å². The number of alkyl carbamates (subject to hydrolysis) is 1. The van der Waals surface area contributed by atoms with Crippen LogP contribution < -0.4 is 30.9 Å². The number of fused-ring (bicyclic) bond motifs is 2. The highest BCUT2D eigenvalue weighted by Crippen LogP contribution is 2.45. The molecule has 6 aliphatic rings. The van der Waals surface area contributed by atoms with Crippen LogP contribution in [0.1, 0.15) is 64.2 Å². The largest absolute Gasteiger partial charge is 0.493 e. The first kappa shape index (κ1) is 72.1. The predicted octanol–water partition coefficient (Wildman–Crippen LogP) is 3.15. The molecule has 494 valence electrons. The van der Waals surface area contributed by atoms with Gasteiger partial charge in [0.1, 0.15) is 36.6 Å². The highest BCUT2D eigenvalue weighted by Gasteiger charge is 2.61. The van der Waals surface area contributed by atoms with E-state index < -0.39 is 140 Å². The monoisotopic (exact) mass is 1330 g/mol. The molecular formula is C59H82N4O22S4. The Hall–Kier alpha value is -4.36. The zero-order valence-electron chi connectivity index (χ0n) is 51.5. The minimum absolute atomic E-state index is 0.00414. The molecule has 4 heterocycles. The fraction of sp³-hybridized carbons (Fsp3) is 0.661. The van der Waals surface area contributed by atoms with Crippen molar-refractivity contribution in [3.63, 3.8) is 0 Å². The van der Waals surface area contributed by atoms with E-state index in [-0.39, 0.29) is 82.7 Å². The molecule has 2 aliphatic carbocycles. The highest BCUT2D eigenvalue weighted by molar-refractivity contribution is 9.09. The topological polar surface area (TPSA) is 327 Å². The van der Waals surface area contributed by atoms with E-state index in [1.165, 1.54) is 95.7 Å². The quantitative estimate of drug-likeness (QED) is 0.0102. The van der Waals surface area contributed by atoms with E-state index in [9.17, 15) is 34.8 Å². The molecule has 30 heteroatoms. The summed E-state index contributed by atoms with van der Waals surface area (Å²) in [7, 11) is 10.9. The summed E-state index contributed by atoms with van der Waals surface area (Å²) in [4.78, 5) is 62.6. The average molecular weight is 1330 g/mol. The third-order valence-corrected chi connectivity index (χ3v) is 20.6. The molecule has 8 N–H and O–H groups in total. The molecule has 1 aromatic carbocycles. The first-order valence-corrected chi connectivity index (χ1v) is 34.0. The van der Waals surface area contributed by atoms with Crippen LogP contribution in [0.15, 0.2) is 48.3 Å². The smallest absolute Gasteiger partial charge is 0.407 e. The summed E-state index contributed by atoms with van der Waals surface area (Å²) >= 11 is 1.48. The first-order valence-electron chi connectivity index (χ1n) is 28.7. The molecule has 21 atom stereocenters. The summed E-state index contributed by atoms with van der Waals surface area (Å²) in [6, 6.07) is -0.290. The zero-order valence-corrected chi connectivity index (χ0v) is 54.8. The number of rotatable bonds is 25. The van der Waals surface area contributed by atoms with Crippen LogP contribution in [0.25, 0.3) is 0 Å². The van der Waals surface area contributed by atoms with Gasteiger partial charge in [-0.25, -0.2) is 9.59 Å². The number of benzene rings is 1. The normalized spacial score (nSPS) is 35.7. The van der Waals surface area contributed by atoms with Gasteiger partial charge in [-0.05, 0) is 60.8 Å². The molecule has 7 rings (SSSR count). The number of anilines is 1. The molecule has 4 aliphatic heterocycles. The molecule has 26 nitrogen and oxygen atoms in total. The van der Waals surface area contributed by atoms with Gasteiger partial charge in [0.05, 0.1) is 94.2 Å². The number of ketones is 1. The fourth-order valence-corrected chi connectivity index (χ4v) is 14.5. The summed E-state index contributed by atoms with van der Waals surface area (Å²) in [6.45, 7) is 12.7. The minimum atomic E-state index is -2.60. The molecule has 3 unspecified atom stereocenters. The molecule has 1 aromatic rings. The molecular weight excluding hydrogens is 1240 g/mol. The third kappa shape index (κ3) is 17.7. The lowest BCUT2D eigenvalue weighted by atomic mass is 9.66. The van der Waals surface area contributed by atoms with E-state index in [1.807, 2.05) is 33.3 Å². The van der Waals surface area contributed by atoms with Crippen molar-refractivity contribution in [1.29, 1.82) is 0 Å². The van der Waals surface area contributed by atoms with Crippen LogP contribution in [0.2, 0.25) is 0 Å². The lowest BCUT2D eigenvalue weighted by Gasteiger charge is -2.50. The number of carbonyl (C=O) groups is 4. The maximum Gasteiger partial charge on any atom is 0.407 e. The van der Waals surface area contributed by atoms with Crippen LogP contribution in [0.3, 0.4) is 0 Å². The van der Waals surface area contributed by atoms with Crippen LogP contribution in [0, 0.1) is 29.6 Å². The molecule has 1 saturated carbocycles. The van der Waals surface area contributed by atoms with Gasteiger partial charge in [-0.3, -0.25) is 14.4 Å². The number of hydrogen-bond acceptors (Lipinski definition) is 28. The first-order chi connectivity index (χ1) is 42.5. The SMILES string of the molecule is C=C(OC)C(=O)Nc1cc(OC)c(OC)cc1C(=O)O[C@H]1CC(O[C@@H]2C(=O)C(NC(=O)OC)C3C(=CCSSSC)[C@]2(O)C#CC=CC#C[C@@H]3O[C@@H]2O[C@H](C)[C@@H](NO[C@H]3C[C@H](O)[C@H](SC)[C@@H](C)O3)[C@H](O)[C@H]2O[C@H]2C[C@H](OC)[C@@H](NC(C)C)CO2)O[C@@H](C)[C@@H]1O. The van der Waals surface area contributed by atoms with Gasteiger partial charge in [0, 0.05) is 56.2 Å². The van der Waals surface area contributed by atoms with Crippen molar-refractivity contribution in [3.05, 3.63) is 53.8 Å². The molecule has 0 radical (unpaired) electrons. The number of amides is 2. The van der Waals surface area contributed by atoms with Crippen molar-refractivity contribution < 1.29 is 106 Å². The average Bonchev–Trinajstić information content (AvgIpc) is 0.971. The van der Waals surface area contributed by atoms with Crippen molar-refractivity contribution in [2.45, 2.75) is 181 Å². The molecule has 0 spiro atoms. The summed E-state index contributed by atoms with van der Waals surface area (Å²) in [5.74, 6) is 7.47. The Morgan fingerprint density at radius 3 is 2.24 bits per heavy atom. The van der Waals surface area contributed by atoms with Gasteiger partial charge in [-0.15, -0.1) is 0 Å². The number of allylic oxidation sites excluding steroid dienone is 2. The van der Waals surface area contributed by atoms with Crippen molar-refractivity contribution in [2.75, 3.05) is 65.7 Å². The summed E-state index contributed by atoms with van der Waals surface area (Å²) in [5.41, 5.74) is -0.0127. The second kappa shape index (κ2) is 33.5. The molecule has 2 amide bonds. The number of methoxy groups -OCH3 is 5. The number of hydrogen-bond donors (Lipinski definition) is 8. The number of thioether (sulfide) groups is 1. The summed E-state index contributed by atoms with van der Waals surface area (Å²) < 4.78 is 78.2. The van der Waals surface area contributed by atoms with Crippen LogP contribution in [0.4, 0.5) is 10.5 Å². The lowest BCUT2D eigenvalue weighted by molar-refractivity contribution is -0.340. The van der Waals surface area contributed by atoms with E-state index in [1.54, 1.807) is 20.1 Å². The van der Waals surface area contributed by atoms with Crippen molar-refractivity contribution in [1.82, 2.24) is 16.1 Å². The van der Waals surface area contributed by atoms with Crippen molar-refractivity contribution >= 4 is 72.6 Å². The molecule has 4 saturated heterocycles. The van der Waals surface area contributed by atoms with Gasteiger partial charge in [0.2, 0.25) is 0 Å². The van der Waals surface area contributed by atoms with E-state index in [0.717, 1.165) is 7.11 Å². The Labute approximate surface area is 534 Å². The molecule has 89 heavy (non-hydrogen) atoms. The minimum Gasteiger partial charge on any atom is -0.493 e. The number of aliphatic hydroxyl groups excluding tert-OH is 3. The van der Waals surface area contributed by atoms with Crippen LogP contribution in [-0.4, -0.2) is 232 Å². The predicted molar refractivity (Wildman–Crippen MR) is 330 cm³/mol. The highest BCUT2D eigenvalue weighted by atomic mass is 33.5. The van der Waals surface area contributed by atoms with Crippen molar-refractivity contribution in [2.24, 2.45) is 5.92 Å². The fourth-order valence-electron chi connectivity index (χ4n) is 11.2. The summed E-state index contributed by atoms with van der Waals surface area (Å²) in [6.07, 6.45) is -11.2. The van der Waals surface area contributed by atoms with E-state index in [0.29, 0.717) is 0 Å². The molecule has 0 aromatic heterocycles. The van der Waals surface area contributed by atoms with Gasteiger partial charge in [0.25, 0.3) is 5.91 Å². The number of nitrogens with one attached hydrogen (secondary N) is 4. The second-order valence-electron chi connectivity index (χ2n) is 21.8. The lowest BCUT2D eigenvalue weighted by Crippen LogP contribution is -2.68. The van der Waals surface area contributed by atoms with Crippen molar-refractivity contribution in [3.8, 4) is 35.2 Å². The number of aliphatic hydroxyl groups is 4. The Bertz CT molecular complexity index is 2810. The Morgan fingerprint density at radius 1 is 0.865 bits per heavy atom. The maximum atomic E-state index is 15.7. The van der Waals surface area contributed by atoms with Crippen LogP contribution in [-0.2, 0) is 66.5 Å². The molecule has 2 bridgehead atoms. The number of ether oxygens (including phenoxy) is 13. The Balaban J connectivity index is 1.24. The number of esters is 1. The van der Waals surface area contributed by atoms with Gasteiger partial charge >= 0.3 is 12.1 Å². The van der Waals surface area contributed by atoms with Gasteiger partial charge in [-0.2, -0.15) is 17.2 Å². The summed E-state index contributed by atoms with van der Waals surface area (Å²) in [5, 5.41) is 57.0. The second-order valence-corrected chi connectivity index (χ2v) is 27.2. The van der Waals surface area contributed by atoms with E-state index in [2.05, 4.69) is 51.7 Å². The van der Waals surface area contributed by atoms with Crippen LogP contribution >= 0.6 is 43.2 Å². The number of carbonyl (C=O) groups excluding carboxylic acids is 4. The van der Waals surface area contributed by atoms with Gasteiger partial charge in [-0.1, -0.05) is 71.8 Å². The molecule has 5 fully saturated rings. The zero-order chi connectivity index (χ0) is 64.9. The van der Waals surface area contributed by atoms with E-state index in [4.69, 9.17) is 66.4 Å². The third-order valence-electron chi connectivity index (χ3n) is 15.7. The Kier molecular flexibility index (Phi) is 27.1. The van der Waals surface area contributed by atoms with E-state index >= 15 is 4.79 Å². The Morgan fingerprint density at radius 2 is 1.57 bits per heavy atom. The van der Waals surface area contributed by atoms with Gasteiger partial charge in [0.15, 0.2) is 59.9 Å². The van der Waals surface area contributed by atoms with Gasteiger partial charge < -0.3 is 98.0 Å². The standard InChI is InChI=1S/C59H82N4O22S4/c1-28(2)60-36-27-77-43(25-39(36)73-8)83-52-50(66)47(63-85-45-24-37(64)53(86-12)31(5)79-45)29(3)80-57(52)82-38-18-16-14-15-17-20-59(71)34(19-21-88-89-87-13)46(38)48(62-58(70)76-11)51(67)54(59)84-44-26-42(49(65)30(4)78-44)81-56(69)33-22-40(74-9)41(75-10)23-35(33)61-55(68)32(6)72-7/h14-15,19,22-23,28-31,36-39,42-50,52-54,57,60,63-66,71H,6,21,24-27H2,1-5,7-13H3,(H,61,68)(H,62,70)/t29-,30+,31-,36+,37+,38+,39+,42+,43+,44?,45+,46?,47-,48?,49+,50+,52-,53-,54-,57+,59-/m1/s1. The number of hydroxylamine groups is 1.